The van der Waals surface area contributed by atoms with Gasteiger partial charge in [-0.3, -0.25) is 0 Å². The molecule has 1 fully saturated rings. The predicted octanol–water partition coefficient (Wildman–Crippen LogP) is 3.36. The number of nitrogens with zero attached hydrogens (tertiary/aromatic N) is 2. The summed E-state index contributed by atoms with van der Waals surface area (Å²) in [5.74, 6) is -0.460. The van der Waals surface area contributed by atoms with Crippen molar-refractivity contribution in [2.75, 3.05) is 31.6 Å². The van der Waals surface area contributed by atoms with Crippen LogP contribution in [-0.4, -0.2) is 31.6 Å². The molecule has 1 atom stereocenters. The standard InChI is InChI=1S/C18H18F2N2/c1-21-6-7-22-17-5-3-15(20)10-13(17)8-12-9-14(19)2-4-16(12)18(22)11-21/h2-5,9-10,18H,6-8,11H2,1H3. The lowest BCUT2D eigenvalue weighted by Gasteiger charge is -2.41. The van der Waals surface area contributed by atoms with Crippen molar-refractivity contribution in [3.05, 3.63) is 64.7 Å². The summed E-state index contributed by atoms with van der Waals surface area (Å²) in [7, 11) is 2.11. The average molecular weight is 300 g/mol. The number of halogens is 2. The van der Waals surface area contributed by atoms with Gasteiger partial charge in [-0.2, -0.15) is 0 Å². The third-order valence-corrected chi connectivity index (χ3v) is 4.78. The van der Waals surface area contributed by atoms with Crippen LogP contribution in [0.5, 0.6) is 0 Å². The van der Waals surface area contributed by atoms with E-state index in [9.17, 15) is 8.78 Å². The Bertz CT molecular complexity index is 729. The van der Waals surface area contributed by atoms with Crippen LogP contribution in [-0.2, 0) is 6.42 Å². The van der Waals surface area contributed by atoms with Gasteiger partial charge in [-0.25, -0.2) is 8.78 Å². The van der Waals surface area contributed by atoms with E-state index in [2.05, 4.69) is 16.8 Å². The van der Waals surface area contributed by atoms with Crippen molar-refractivity contribution in [2.24, 2.45) is 0 Å². The highest BCUT2D eigenvalue weighted by atomic mass is 19.1. The minimum absolute atomic E-state index is 0.195. The molecule has 114 valence electrons. The Morgan fingerprint density at radius 1 is 0.955 bits per heavy atom. The number of piperazine rings is 1. The number of likely N-dealkylation sites (N-methyl/N-ethyl adjacent to an activating group) is 1. The number of benzene rings is 2. The van der Waals surface area contributed by atoms with Crippen molar-refractivity contribution in [1.82, 2.24) is 4.90 Å². The van der Waals surface area contributed by atoms with Gasteiger partial charge in [-0.1, -0.05) is 6.07 Å². The predicted molar refractivity (Wildman–Crippen MR) is 83.2 cm³/mol. The molecule has 2 aromatic carbocycles. The summed E-state index contributed by atoms with van der Waals surface area (Å²) in [6.07, 6.45) is 0.580. The molecule has 1 saturated heterocycles. The highest BCUT2D eigenvalue weighted by Crippen LogP contribution is 2.39. The minimum Gasteiger partial charge on any atom is -0.362 e. The summed E-state index contributed by atoms with van der Waals surface area (Å²) < 4.78 is 27.4. The summed E-state index contributed by atoms with van der Waals surface area (Å²) in [4.78, 5) is 4.64. The second-order valence-corrected chi connectivity index (χ2v) is 6.26. The Labute approximate surface area is 129 Å². The van der Waals surface area contributed by atoms with Gasteiger partial charge in [0, 0.05) is 31.7 Å². The van der Waals surface area contributed by atoms with Gasteiger partial charge in [0.25, 0.3) is 0 Å². The molecule has 0 aromatic heterocycles. The number of rotatable bonds is 0. The smallest absolute Gasteiger partial charge is 0.123 e. The second kappa shape index (κ2) is 5.06. The molecule has 4 heteroatoms. The number of fused-ring (bicyclic) bond motifs is 5. The molecule has 0 aliphatic carbocycles. The summed E-state index contributed by atoms with van der Waals surface area (Å²) in [5, 5.41) is 0. The van der Waals surface area contributed by atoms with Gasteiger partial charge in [0.05, 0.1) is 6.04 Å². The summed E-state index contributed by atoms with van der Waals surface area (Å²) in [6, 6.07) is 10.2. The monoisotopic (exact) mass is 300 g/mol. The third kappa shape index (κ3) is 2.18. The Kier molecular flexibility index (Phi) is 3.15. The van der Waals surface area contributed by atoms with E-state index in [1.54, 1.807) is 12.1 Å². The zero-order valence-electron chi connectivity index (χ0n) is 12.5. The van der Waals surface area contributed by atoms with E-state index in [4.69, 9.17) is 0 Å². The maximum atomic E-state index is 13.7. The van der Waals surface area contributed by atoms with E-state index in [0.717, 1.165) is 42.0 Å². The van der Waals surface area contributed by atoms with Crippen LogP contribution in [0.3, 0.4) is 0 Å². The average Bonchev–Trinajstić information content (AvgIpc) is 2.60. The van der Waals surface area contributed by atoms with E-state index in [1.807, 2.05) is 12.1 Å². The number of anilines is 1. The van der Waals surface area contributed by atoms with Crippen LogP contribution in [0.25, 0.3) is 0 Å². The third-order valence-electron chi connectivity index (χ3n) is 4.78. The lowest BCUT2D eigenvalue weighted by Crippen LogP contribution is -2.46. The zero-order chi connectivity index (χ0) is 15.3. The topological polar surface area (TPSA) is 6.48 Å². The number of hydrogen-bond donors (Lipinski definition) is 0. The molecule has 22 heavy (non-hydrogen) atoms. The molecule has 0 spiro atoms. The normalized spacial score (nSPS) is 20.9. The molecule has 2 aliphatic rings. The van der Waals surface area contributed by atoms with Crippen LogP contribution in [0, 0.1) is 11.6 Å². The summed E-state index contributed by atoms with van der Waals surface area (Å²) in [6.45, 7) is 2.77. The van der Waals surface area contributed by atoms with Crippen LogP contribution >= 0.6 is 0 Å². The fourth-order valence-corrected chi connectivity index (χ4v) is 3.71. The van der Waals surface area contributed by atoms with Gasteiger partial charge in [-0.05, 0) is 54.1 Å². The fourth-order valence-electron chi connectivity index (χ4n) is 3.71. The van der Waals surface area contributed by atoms with Crippen LogP contribution in [0.4, 0.5) is 14.5 Å². The van der Waals surface area contributed by atoms with Crippen molar-refractivity contribution >= 4 is 5.69 Å². The fraction of sp³-hybridized carbons (Fsp3) is 0.333. The molecular formula is C18H18F2N2. The molecule has 2 nitrogen and oxygen atoms in total. The second-order valence-electron chi connectivity index (χ2n) is 6.26. The van der Waals surface area contributed by atoms with Gasteiger partial charge < -0.3 is 9.80 Å². The molecule has 0 amide bonds. The SMILES string of the molecule is CN1CCN2c3ccc(F)cc3Cc3cc(F)ccc3C2C1. The van der Waals surface area contributed by atoms with Crippen LogP contribution in [0.15, 0.2) is 36.4 Å². The van der Waals surface area contributed by atoms with E-state index in [0.29, 0.717) is 6.42 Å². The first-order valence-corrected chi connectivity index (χ1v) is 7.64. The minimum atomic E-state index is -0.232. The van der Waals surface area contributed by atoms with Crippen LogP contribution < -0.4 is 4.90 Å². The first-order valence-electron chi connectivity index (χ1n) is 7.64. The van der Waals surface area contributed by atoms with Gasteiger partial charge in [0.15, 0.2) is 0 Å². The highest BCUT2D eigenvalue weighted by molar-refractivity contribution is 5.61. The molecule has 0 saturated carbocycles. The number of hydrogen-bond acceptors (Lipinski definition) is 2. The largest absolute Gasteiger partial charge is 0.362 e. The van der Waals surface area contributed by atoms with E-state index in [1.165, 1.54) is 12.1 Å². The van der Waals surface area contributed by atoms with E-state index >= 15 is 0 Å². The molecular weight excluding hydrogens is 282 g/mol. The summed E-state index contributed by atoms with van der Waals surface area (Å²) >= 11 is 0. The Balaban J connectivity index is 1.91. The van der Waals surface area contributed by atoms with Crippen molar-refractivity contribution in [3.8, 4) is 0 Å². The van der Waals surface area contributed by atoms with E-state index in [-0.39, 0.29) is 17.7 Å². The molecule has 2 aromatic rings. The molecule has 2 heterocycles. The molecule has 0 radical (unpaired) electrons. The first-order chi connectivity index (χ1) is 10.6. The highest BCUT2D eigenvalue weighted by Gasteiger charge is 2.32. The van der Waals surface area contributed by atoms with Crippen LogP contribution in [0.2, 0.25) is 0 Å². The first kappa shape index (κ1) is 13.7. The quantitative estimate of drug-likeness (QED) is 0.736. The maximum absolute atomic E-state index is 13.7. The molecule has 4 rings (SSSR count). The molecule has 0 bridgehead atoms. The Morgan fingerprint density at radius 3 is 2.50 bits per heavy atom. The van der Waals surface area contributed by atoms with E-state index < -0.39 is 0 Å². The molecule has 2 aliphatic heterocycles. The van der Waals surface area contributed by atoms with Gasteiger partial charge in [0.1, 0.15) is 11.6 Å². The Hall–Kier alpha value is -1.94. The van der Waals surface area contributed by atoms with Gasteiger partial charge in [0.2, 0.25) is 0 Å². The van der Waals surface area contributed by atoms with Crippen molar-refractivity contribution < 1.29 is 8.78 Å². The summed E-state index contributed by atoms with van der Waals surface area (Å²) in [5.41, 5.74) is 4.15. The zero-order valence-corrected chi connectivity index (χ0v) is 12.5. The molecule has 1 unspecified atom stereocenters. The lowest BCUT2D eigenvalue weighted by molar-refractivity contribution is 0.269. The van der Waals surface area contributed by atoms with Crippen LogP contribution in [0.1, 0.15) is 22.7 Å². The Morgan fingerprint density at radius 2 is 1.68 bits per heavy atom. The lowest BCUT2D eigenvalue weighted by atomic mass is 9.96. The molecule has 0 N–H and O–H groups in total. The van der Waals surface area contributed by atoms with Crippen molar-refractivity contribution in [2.45, 2.75) is 12.5 Å². The van der Waals surface area contributed by atoms with Crippen molar-refractivity contribution in [3.63, 3.8) is 0 Å². The van der Waals surface area contributed by atoms with Gasteiger partial charge in [-0.15, -0.1) is 0 Å². The van der Waals surface area contributed by atoms with Crippen molar-refractivity contribution in [1.29, 1.82) is 0 Å². The van der Waals surface area contributed by atoms with Gasteiger partial charge >= 0.3 is 0 Å². The maximum Gasteiger partial charge on any atom is 0.123 e.